The normalized spacial score (nSPS) is 15.3. The molecular weight excluding hydrogens is 180 g/mol. The predicted octanol–water partition coefficient (Wildman–Crippen LogP) is 2.90. The molecule has 1 aliphatic heterocycles. The zero-order valence-electron chi connectivity index (χ0n) is 7.58. The number of fused-ring (bicyclic) bond motifs is 1. The summed E-state index contributed by atoms with van der Waals surface area (Å²) < 4.78 is 0. The lowest BCUT2D eigenvalue weighted by molar-refractivity contribution is 1.14. The molecule has 0 fully saturated rings. The lowest BCUT2D eigenvalue weighted by Crippen LogP contribution is -2.02. The van der Waals surface area contributed by atoms with Gasteiger partial charge in [0.1, 0.15) is 0 Å². The quantitative estimate of drug-likeness (QED) is 0.683. The monoisotopic (exact) mass is 192 g/mol. The first-order valence-electron chi connectivity index (χ1n) is 4.34. The third-order valence-electron chi connectivity index (χ3n) is 2.04. The topological polar surface area (TPSA) is 24.4 Å². The van der Waals surface area contributed by atoms with E-state index in [1.807, 2.05) is 18.2 Å². The number of anilines is 1. The van der Waals surface area contributed by atoms with Crippen molar-refractivity contribution in [3.05, 3.63) is 24.3 Å². The maximum absolute atomic E-state index is 4.57. The van der Waals surface area contributed by atoms with Crippen LogP contribution in [-0.4, -0.2) is 17.8 Å². The van der Waals surface area contributed by atoms with Gasteiger partial charge in [0.15, 0.2) is 0 Å². The van der Waals surface area contributed by atoms with Gasteiger partial charge < -0.3 is 5.32 Å². The van der Waals surface area contributed by atoms with Gasteiger partial charge in [0.2, 0.25) is 0 Å². The standard InChI is InChI=1S/C10H12N2S/c1-13-10-6-7-11-8-4-2-3-5-9(8)12-10/h2-5,11H,6-7H2,1H3. The van der Waals surface area contributed by atoms with Gasteiger partial charge in [-0.05, 0) is 18.4 Å². The van der Waals surface area contributed by atoms with Gasteiger partial charge in [-0.25, -0.2) is 4.99 Å². The van der Waals surface area contributed by atoms with Gasteiger partial charge in [0, 0.05) is 13.0 Å². The van der Waals surface area contributed by atoms with Gasteiger partial charge in [-0.15, -0.1) is 11.8 Å². The number of thioether (sulfide) groups is 1. The van der Waals surface area contributed by atoms with Gasteiger partial charge in [0.05, 0.1) is 16.4 Å². The molecule has 0 saturated heterocycles. The van der Waals surface area contributed by atoms with Crippen molar-refractivity contribution in [2.75, 3.05) is 18.1 Å². The summed E-state index contributed by atoms with van der Waals surface area (Å²) >= 11 is 1.73. The van der Waals surface area contributed by atoms with Crippen LogP contribution in [0.2, 0.25) is 0 Å². The van der Waals surface area contributed by atoms with Crippen LogP contribution in [0, 0.1) is 0 Å². The highest BCUT2D eigenvalue weighted by Crippen LogP contribution is 2.28. The van der Waals surface area contributed by atoms with Gasteiger partial charge in [-0.1, -0.05) is 12.1 Å². The Hall–Kier alpha value is -0.960. The average molecular weight is 192 g/mol. The SMILES string of the molecule is CSC1=Nc2ccccc2NCC1. The Labute approximate surface area is 82.5 Å². The number of rotatable bonds is 0. The van der Waals surface area contributed by atoms with E-state index in [4.69, 9.17) is 0 Å². The molecule has 2 nitrogen and oxygen atoms in total. The number of hydrogen-bond donors (Lipinski definition) is 1. The fourth-order valence-electron chi connectivity index (χ4n) is 1.36. The van der Waals surface area contributed by atoms with Crippen LogP contribution in [0.1, 0.15) is 6.42 Å². The highest BCUT2D eigenvalue weighted by atomic mass is 32.2. The third-order valence-corrected chi connectivity index (χ3v) is 2.81. The summed E-state index contributed by atoms with van der Waals surface area (Å²) in [5.74, 6) is 0. The summed E-state index contributed by atoms with van der Waals surface area (Å²) in [6, 6.07) is 8.17. The fraction of sp³-hybridized carbons (Fsp3) is 0.300. The molecule has 0 unspecified atom stereocenters. The minimum absolute atomic E-state index is 0.983. The van der Waals surface area contributed by atoms with Crippen LogP contribution in [0.5, 0.6) is 0 Å². The Morgan fingerprint density at radius 2 is 2.23 bits per heavy atom. The molecule has 0 atom stereocenters. The van der Waals surface area contributed by atoms with Crippen molar-refractivity contribution in [2.45, 2.75) is 6.42 Å². The number of nitrogens with one attached hydrogen (secondary N) is 1. The minimum Gasteiger partial charge on any atom is -0.383 e. The molecule has 1 N–H and O–H groups in total. The van der Waals surface area contributed by atoms with Crippen LogP contribution in [0.3, 0.4) is 0 Å². The predicted molar refractivity (Wildman–Crippen MR) is 60.2 cm³/mol. The average Bonchev–Trinajstić information content (AvgIpc) is 2.38. The fourth-order valence-corrected chi connectivity index (χ4v) is 1.86. The lowest BCUT2D eigenvalue weighted by Gasteiger charge is -2.03. The van der Waals surface area contributed by atoms with Gasteiger partial charge in [-0.2, -0.15) is 0 Å². The van der Waals surface area contributed by atoms with Gasteiger partial charge in [0.25, 0.3) is 0 Å². The summed E-state index contributed by atoms with van der Waals surface area (Å²) in [6.45, 7) is 0.983. The minimum atomic E-state index is 0.983. The van der Waals surface area contributed by atoms with E-state index in [1.54, 1.807) is 11.8 Å². The summed E-state index contributed by atoms with van der Waals surface area (Å²) in [5.41, 5.74) is 2.20. The summed E-state index contributed by atoms with van der Waals surface area (Å²) in [5, 5.41) is 4.57. The Kier molecular flexibility index (Phi) is 2.54. The van der Waals surface area contributed by atoms with E-state index in [2.05, 4.69) is 22.6 Å². The zero-order chi connectivity index (χ0) is 9.10. The highest BCUT2D eigenvalue weighted by Gasteiger charge is 2.06. The van der Waals surface area contributed by atoms with Crippen molar-refractivity contribution >= 4 is 28.2 Å². The number of para-hydroxylation sites is 2. The number of nitrogens with zero attached hydrogens (tertiary/aromatic N) is 1. The van der Waals surface area contributed by atoms with E-state index < -0.39 is 0 Å². The molecule has 1 aromatic carbocycles. The van der Waals surface area contributed by atoms with Crippen molar-refractivity contribution in [1.82, 2.24) is 0 Å². The molecule has 0 aliphatic carbocycles. The molecule has 0 spiro atoms. The number of benzene rings is 1. The Bertz CT molecular complexity index is 333. The molecule has 68 valence electrons. The molecule has 0 bridgehead atoms. The van der Waals surface area contributed by atoms with Crippen molar-refractivity contribution in [1.29, 1.82) is 0 Å². The van der Waals surface area contributed by atoms with E-state index in [0.717, 1.165) is 24.3 Å². The molecule has 2 rings (SSSR count). The number of aliphatic imine (C=N–C) groups is 1. The summed E-state index contributed by atoms with van der Waals surface area (Å²) in [4.78, 5) is 4.57. The van der Waals surface area contributed by atoms with E-state index in [-0.39, 0.29) is 0 Å². The smallest absolute Gasteiger partial charge is 0.0870 e. The molecule has 0 radical (unpaired) electrons. The zero-order valence-corrected chi connectivity index (χ0v) is 8.40. The van der Waals surface area contributed by atoms with E-state index in [0.29, 0.717) is 0 Å². The van der Waals surface area contributed by atoms with Crippen LogP contribution in [0.25, 0.3) is 0 Å². The lowest BCUT2D eigenvalue weighted by atomic mass is 10.3. The van der Waals surface area contributed by atoms with Crippen molar-refractivity contribution in [2.24, 2.45) is 4.99 Å². The maximum atomic E-state index is 4.57. The van der Waals surface area contributed by atoms with Crippen LogP contribution in [0.4, 0.5) is 11.4 Å². The molecule has 3 heteroatoms. The highest BCUT2D eigenvalue weighted by molar-refractivity contribution is 8.13. The molecule has 13 heavy (non-hydrogen) atoms. The van der Waals surface area contributed by atoms with Gasteiger partial charge in [-0.3, -0.25) is 0 Å². The van der Waals surface area contributed by atoms with E-state index >= 15 is 0 Å². The number of hydrogen-bond acceptors (Lipinski definition) is 3. The van der Waals surface area contributed by atoms with Crippen LogP contribution in [0.15, 0.2) is 29.3 Å². The molecule has 0 amide bonds. The van der Waals surface area contributed by atoms with Crippen molar-refractivity contribution in [3.63, 3.8) is 0 Å². The Morgan fingerprint density at radius 3 is 3.08 bits per heavy atom. The van der Waals surface area contributed by atoms with E-state index in [9.17, 15) is 0 Å². The third kappa shape index (κ3) is 1.86. The molecular formula is C10H12N2S. The summed E-state index contributed by atoms with van der Waals surface area (Å²) in [7, 11) is 0. The summed E-state index contributed by atoms with van der Waals surface area (Å²) in [6.07, 6.45) is 3.10. The maximum Gasteiger partial charge on any atom is 0.0870 e. The van der Waals surface area contributed by atoms with Crippen LogP contribution >= 0.6 is 11.8 Å². The molecule has 0 saturated carbocycles. The first-order valence-corrected chi connectivity index (χ1v) is 5.57. The second-order valence-corrected chi connectivity index (χ2v) is 3.78. The van der Waals surface area contributed by atoms with Crippen LogP contribution in [-0.2, 0) is 0 Å². The van der Waals surface area contributed by atoms with E-state index in [1.165, 1.54) is 5.04 Å². The molecule has 1 aromatic rings. The molecule has 1 heterocycles. The van der Waals surface area contributed by atoms with Crippen molar-refractivity contribution < 1.29 is 0 Å². The first-order chi connectivity index (χ1) is 6.40. The second-order valence-electron chi connectivity index (χ2n) is 2.90. The largest absolute Gasteiger partial charge is 0.383 e. The second kappa shape index (κ2) is 3.83. The van der Waals surface area contributed by atoms with Crippen LogP contribution < -0.4 is 5.32 Å². The Balaban J connectivity index is 2.40. The van der Waals surface area contributed by atoms with Crippen molar-refractivity contribution in [3.8, 4) is 0 Å². The first kappa shape index (κ1) is 8.63. The molecule has 1 aliphatic rings. The van der Waals surface area contributed by atoms with Gasteiger partial charge >= 0.3 is 0 Å². The molecule has 0 aromatic heterocycles. The Morgan fingerprint density at radius 1 is 1.38 bits per heavy atom.